The Labute approximate surface area is 197 Å². The third-order valence-corrected chi connectivity index (χ3v) is 5.71. The van der Waals surface area contributed by atoms with Crippen LogP contribution in [0.3, 0.4) is 0 Å². The van der Waals surface area contributed by atoms with E-state index in [4.69, 9.17) is 14.2 Å². The fraction of sp³-hybridized carbons (Fsp3) is 0.435. The molecule has 2 N–H and O–H groups in total. The zero-order valence-corrected chi connectivity index (χ0v) is 20.1. The molecule has 10 heteroatoms. The summed E-state index contributed by atoms with van der Waals surface area (Å²) < 4.78 is 15.2. The number of aliphatic hydroxyl groups excluding tert-OH is 1. The first-order chi connectivity index (χ1) is 15.8. The van der Waals surface area contributed by atoms with Crippen molar-refractivity contribution in [3.05, 3.63) is 46.3 Å². The lowest BCUT2D eigenvalue weighted by molar-refractivity contribution is -0.115. The normalized spacial score (nSPS) is 11.5. The van der Waals surface area contributed by atoms with Gasteiger partial charge >= 0.3 is 11.9 Å². The van der Waals surface area contributed by atoms with Crippen molar-refractivity contribution in [2.24, 2.45) is 0 Å². The number of nitrogens with zero attached hydrogens (tertiary/aromatic N) is 1. The van der Waals surface area contributed by atoms with Crippen molar-refractivity contribution in [2.75, 3.05) is 50.2 Å². The molecule has 0 bridgehead atoms. The van der Waals surface area contributed by atoms with Crippen LogP contribution in [0.25, 0.3) is 0 Å². The van der Waals surface area contributed by atoms with Crippen LogP contribution in [0, 0.1) is 6.92 Å². The molecular formula is C23H30N2O7S. The van der Waals surface area contributed by atoms with Crippen molar-refractivity contribution < 1.29 is 33.7 Å². The summed E-state index contributed by atoms with van der Waals surface area (Å²) in [6.45, 7) is 5.53. The van der Waals surface area contributed by atoms with Crippen molar-refractivity contribution in [2.45, 2.75) is 26.9 Å². The Bertz CT molecular complexity index is 944. The first-order valence-electron chi connectivity index (χ1n) is 10.5. The highest BCUT2D eigenvalue weighted by Gasteiger charge is 2.28. The van der Waals surface area contributed by atoms with E-state index in [1.807, 2.05) is 30.3 Å². The van der Waals surface area contributed by atoms with Gasteiger partial charge in [-0.3, -0.25) is 4.79 Å². The molecular weight excluding hydrogens is 448 g/mol. The Hall–Kier alpha value is -2.95. The van der Waals surface area contributed by atoms with Gasteiger partial charge in [-0.1, -0.05) is 18.2 Å². The summed E-state index contributed by atoms with van der Waals surface area (Å²) in [7, 11) is 1.49. The Morgan fingerprint density at radius 1 is 1.12 bits per heavy atom. The van der Waals surface area contributed by atoms with Crippen molar-refractivity contribution in [3.8, 4) is 0 Å². The fourth-order valence-corrected chi connectivity index (χ4v) is 4.19. The molecule has 2 aromatic rings. The Morgan fingerprint density at radius 2 is 1.82 bits per heavy atom. The van der Waals surface area contributed by atoms with Crippen LogP contribution in [-0.2, 0) is 19.0 Å². The van der Waals surface area contributed by atoms with Crippen LogP contribution >= 0.6 is 11.3 Å². The Kier molecular flexibility index (Phi) is 10.3. The third-order valence-electron chi connectivity index (χ3n) is 4.53. The van der Waals surface area contributed by atoms with Crippen LogP contribution in [0.2, 0.25) is 0 Å². The van der Waals surface area contributed by atoms with Crippen LogP contribution < -0.4 is 10.2 Å². The number of thiophene rings is 1. The number of nitrogens with one attached hydrogen (secondary N) is 1. The second kappa shape index (κ2) is 12.9. The van der Waals surface area contributed by atoms with Gasteiger partial charge in [-0.05, 0) is 38.5 Å². The van der Waals surface area contributed by atoms with E-state index in [2.05, 4.69) is 5.32 Å². The van der Waals surface area contributed by atoms with E-state index in [0.717, 1.165) is 17.0 Å². The number of ether oxygens (including phenoxy) is 3. The molecule has 0 radical (unpaired) electrons. The van der Waals surface area contributed by atoms with Crippen molar-refractivity contribution in [1.82, 2.24) is 0 Å². The average Bonchev–Trinajstić information content (AvgIpc) is 3.09. The summed E-state index contributed by atoms with van der Waals surface area (Å²) in [5, 5.41) is 12.8. The SMILES string of the molecule is CCOC(=O)c1c(NC(=O)CN(CC(C)O)c2ccccc2)sc(C(=O)OCCOC)c1C. The summed E-state index contributed by atoms with van der Waals surface area (Å²) in [5.74, 6) is -1.66. The predicted molar refractivity (Wildman–Crippen MR) is 126 cm³/mol. The first-order valence-corrected chi connectivity index (χ1v) is 11.3. The maximum Gasteiger partial charge on any atom is 0.348 e. The number of carbonyl (C=O) groups excluding carboxylic acids is 3. The van der Waals surface area contributed by atoms with E-state index in [1.165, 1.54) is 7.11 Å². The highest BCUT2D eigenvalue weighted by atomic mass is 32.1. The number of anilines is 2. The van der Waals surface area contributed by atoms with E-state index in [-0.39, 0.29) is 48.4 Å². The third kappa shape index (κ3) is 7.55. The monoisotopic (exact) mass is 478 g/mol. The second-order valence-corrected chi connectivity index (χ2v) is 8.24. The van der Waals surface area contributed by atoms with Gasteiger partial charge in [0.05, 0.1) is 31.4 Å². The number of rotatable bonds is 12. The summed E-state index contributed by atoms with van der Waals surface area (Å²) in [5.41, 5.74) is 1.26. The number of hydrogen-bond acceptors (Lipinski definition) is 9. The molecule has 1 amide bonds. The van der Waals surface area contributed by atoms with Gasteiger partial charge in [-0.2, -0.15) is 0 Å². The van der Waals surface area contributed by atoms with Crippen molar-refractivity contribution in [1.29, 1.82) is 0 Å². The average molecular weight is 479 g/mol. The van der Waals surface area contributed by atoms with Gasteiger partial charge in [0.15, 0.2) is 0 Å². The molecule has 0 spiro atoms. The zero-order valence-electron chi connectivity index (χ0n) is 19.3. The van der Waals surface area contributed by atoms with Gasteiger partial charge < -0.3 is 29.5 Å². The molecule has 0 aliphatic rings. The quantitative estimate of drug-likeness (QED) is 0.354. The molecule has 1 aromatic carbocycles. The molecule has 1 atom stereocenters. The Balaban J connectivity index is 2.27. The van der Waals surface area contributed by atoms with E-state index in [9.17, 15) is 19.5 Å². The number of benzene rings is 1. The topological polar surface area (TPSA) is 114 Å². The van der Waals surface area contributed by atoms with Crippen LogP contribution in [0.1, 0.15) is 39.4 Å². The lowest BCUT2D eigenvalue weighted by atomic mass is 10.1. The van der Waals surface area contributed by atoms with Crippen LogP contribution in [0.15, 0.2) is 30.3 Å². The van der Waals surface area contributed by atoms with Gasteiger partial charge in [0.1, 0.15) is 16.5 Å². The van der Waals surface area contributed by atoms with Gasteiger partial charge in [0, 0.05) is 19.3 Å². The molecule has 180 valence electrons. The van der Waals surface area contributed by atoms with Gasteiger partial charge in [0.25, 0.3) is 0 Å². The minimum Gasteiger partial charge on any atom is -0.462 e. The standard InChI is InChI=1S/C23H30N2O7S/c1-5-31-22(28)19-16(3)20(23(29)32-12-11-30-4)33-21(19)24-18(27)14-25(13-15(2)26)17-9-7-6-8-10-17/h6-10,15,26H,5,11-14H2,1-4H3,(H,24,27). The van der Waals surface area contributed by atoms with Gasteiger partial charge in [0.2, 0.25) is 5.91 Å². The van der Waals surface area contributed by atoms with Gasteiger partial charge in [-0.15, -0.1) is 11.3 Å². The van der Waals surface area contributed by atoms with Crippen LogP contribution in [0.5, 0.6) is 0 Å². The van der Waals surface area contributed by atoms with E-state index in [1.54, 1.807) is 25.7 Å². The molecule has 0 fully saturated rings. The summed E-state index contributed by atoms with van der Waals surface area (Å²) in [4.78, 5) is 39.9. The molecule has 0 saturated heterocycles. The highest BCUT2D eigenvalue weighted by Crippen LogP contribution is 2.34. The second-order valence-electron chi connectivity index (χ2n) is 7.22. The lowest BCUT2D eigenvalue weighted by Crippen LogP contribution is -2.37. The van der Waals surface area contributed by atoms with Crippen LogP contribution in [0.4, 0.5) is 10.7 Å². The predicted octanol–water partition coefficient (Wildman–Crippen LogP) is 2.86. The van der Waals surface area contributed by atoms with E-state index in [0.29, 0.717) is 5.56 Å². The highest BCUT2D eigenvalue weighted by molar-refractivity contribution is 7.18. The summed E-state index contributed by atoms with van der Waals surface area (Å²) in [6.07, 6.45) is -0.662. The molecule has 0 aliphatic heterocycles. The summed E-state index contributed by atoms with van der Waals surface area (Å²) in [6, 6.07) is 9.21. The number of hydrogen-bond donors (Lipinski definition) is 2. The first kappa shape index (κ1) is 26.3. The number of amides is 1. The van der Waals surface area contributed by atoms with Crippen LogP contribution in [-0.4, -0.2) is 69.1 Å². The maximum absolute atomic E-state index is 12.9. The number of para-hydroxylation sites is 1. The molecule has 33 heavy (non-hydrogen) atoms. The molecule has 1 heterocycles. The number of methoxy groups -OCH3 is 1. The molecule has 0 saturated carbocycles. The summed E-state index contributed by atoms with van der Waals surface area (Å²) >= 11 is 0.956. The largest absolute Gasteiger partial charge is 0.462 e. The Morgan fingerprint density at radius 3 is 2.42 bits per heavy atom. The van der Waals surface area contributed by atoms with Crippen molar-refractivity contribution >= 4 is 39.9 Å². The smallest absolute Gasteiger partial charge is 0.348 e. The van der Waals surface area contributed by atoms with E-state index < -0.39 is 23.9 Å². The fourth-order valence-electron chi connectivity index (χ4n) is 3.09. The molecule has 9 nitrogen and oxygen atoms in total. The molecule has 0 aliphatic carbocycles. The minimum atomic E-state index is -0.662. The molecule has 2 rings (SSSR count). The number of esters is 2. The zero-order chi connectivity index (χ0) is 24.4. The van der Waals surface area contributed by atoms with E-state index >= 15 is 0 Å². The molecule has 1 unspecified atom stereocenters. The molecule has 1 aromatic heterocycles. The lowest BCUT2D eigenvalue weighted by Gasteiger charge is -2.25. The van der Waals surface area contributed by atoms with Crippen molar-refractivity contribution in [3.63, 3.8) is 0 Å². The number of aliphatic hydroxyl groups is 1. The van der Waals surface area contributed by atoms with Gasteiger partial charge in [-0.25, -0.2) is 9.59 Å². The minimum absolute atomic E-state index is 0.0640. The number of carbonyl (C=O) groups is 3. The maximum atomic E-state index is 12.9.